The Balaban J connectivity index is 1.47. The fourth-order valence-corrected chi connectivity index (χ4v) is 7.85. The molecule has 0 aliphatic rings. The summed E-state index contributed by atoms with van der Waals surface area (Å²) >= 11 is 0. The first-order valence-corrected chi connectivity index (χ1v) is 24.4. The van der Waals surface area contributed by atoms with Crippen molar-refractivity contribution >= 4 is 23.9 Å². The maximum atomic E-state index is 13.1. The molecule has 4 aromatic rings. The summed E-state index contributed by atoms with van der Waals surface area (Å²) in [6.45, 7) is 7.94. The maximum Gasteiger partial charge on any atom is 0.338 e. The Bertz CT molecular complexity index is 1810. The molecular formula is C56H74O9. The SMILES string of the molecule is CCCCCCCCCCCCOC(=O)c1ccc(C(OC(c2ccc(OC(C)=O)cc2)c2ccc(C(=O)OCCCCCCCCCCCC)cc2)c2ccc(OC(C)=O)cc2)cc1. The van der Waals surface area contributed by atoms with Crippen molar-refractivity contribution in [1.29, 1.82) is 0 Å². The molecule has 4 rings (SSSR count). The average Bonchev–Trinajstić information content (AvgIpc) is 3.31. The number of benzene rings is 4. The first kappa shape index (κ1) is 52.3. The lowest BCUT2D eigenvalue weighted by atomic mass is 9.96. The van der Waals surface area contributed by atoms with Crippen molar-refractivity contribution in [3.63, 3.8) is 0 Å². The Morgan fingerprint density at radius 1 is 0.369 bits per heavy atom. The zero-order chi connectivity index (χ0) is 46.5. The molecule has 4 aromatic carbocycles. The number of hydrogen-bond donors (Lipinski definition) is 0. The molecule has 0 heterocycles. The van der Waals surface area contributed by atoms with E-state index < -0.39 is 24.1 Å². The molecule has 0 aromatic heterocycles. The molecule has 2 unspecified atom stereocenters. The van der Waals surface area contributed by atoms with Gasteiger partial charge in [-0.15, -0.1) is 0 Å². The number of carbonyl (C=O) groups is 4. The molecule has 0 fully saturated rings. The van der Waals surface area contributed by atoms with E-state index in [9.17, 15) is 19.2 Å². The van der Waals surface area contributed by atoms with Crippen molar-refractivity contribution in [3.8, 4) is 11.5 Å². The molecule has 65 heavy (non-hydrogen) atoms. The van der Waals surface area contributed by atoms with Crippen LogP contribution in [-0.2, 0) is 23.8 Å². The van der Waals surface area contributed by atoms with Gasteiger partial charge in [0.2, 0.25) is 0 Å². The molecule has 352 valence electrons. The minimum Gasteiger partial charge on any atom is -0.462 e. The Kier molecular flexibility index (Phi) is 24.8. The first-order valence-electron chi connectivity index (χ1n) is 24.4. The van der Waals surface area contributed by atoms with E-state index in [1.807, 2.05) is 48.5 Å². The fourth-order valence-electron chi connectivity index (χ4n) is 7.85. The van der Waals surface area contributed by atoms with Crippen LogP contribution in [0.1, 0.15) is 211 Å². The van der Waals surface area contributed by atoms with Crippen LogP contribution in [0.4, 0.5) is 0 Å². The van der Waals surface area contributed by atoms with Crippen LogP contribution < -0.4 is 9.47 Å². The lowest BCUT2D eigenvalue weighted by Crippen LogP contribution is -2.14. The summed E-state index contributed by atoms with van der Waals surface area (Å²) in [5.41, 5.74) is 3.96. The van der Waals surface area contributed by atoms with Gasteiger partial charge in [-0.2, -0.15) is 0 Å². The minimum absolute atomic E-state index is 0.372. The zero-order valence-corrected chi connectivity index (χ0v) is 39.6. The smallest absolute Gasteiger partial charge is 0.338 e. The van der Waals surface area contributed by atoms with E-state index >= 15 is 0 Å². The van der Waals surface area contributed by atoms with Crippen molar-refractivity contribution in [1.82, 2.24) is 0 Å². The standard InChI is InChI=1S/C56H74O9/c1-5-7-9-11-13-15-17-19-21-23-41-61-55(59)49-29-25-45(26-30-49)53(47-33-37-51(38-34-47)63-43(3)57)65-54(48-35-39-52(40-36-48)64-44(4)58)46-27-31-50(32-28-46)56(60)62-42-24-22-20-18-16-14-12-10-8-6-2/h25-40,53-54H,5-24,41-42H2,1-4H3. The van der Waals surface area contributed by atoms with Crippen LogP contribution in [0.5, 0.6) is 11.5 Å². The summed E-state index contributed by atoms with van der Waals surface area (Å²) in [7, 11) is 0. The Hall–Kier alpha value is -5.28. The lowest BCUT2D eigenvalue weighted by Gasteiger charge is -2.27. The highest BCUT2D eigenvalue weighted by molar-refractivity contribution is 5.90. The lowest BCUT2D eigenvalue weighted by molar-refractivity contribution is -0.132. The molecule has 0 amide bonds. The highest BCUT2D eigenvalue weighted by Gasteiger charge is 2.25. The van der Waals surface area contributed by atoms with E-state index in [4.69, 9.17) is 23.7 Å². The highest BCUT2D eigenvalue weighted by Crippen LogP contribution is 2.37. The van der Waals surface area contributed by atoms with E-state index in [1.165, 1.54) is 104 Å². The molecule has 9 nitrogen and oxygen atoms in total. The highest BCUT2D eigenvalue weighted by atomic mass is 16.5. The van der Waals surface area contributed by atoms with Gasteiger partial charge in [0.1, 0.15) is 23.7 Å². The molecule has 0 saturated carbocycles. The molecule has 0 aliphatic carbocycles. The van der Waals surface area contributed by atoms with Crippen molar-refractivity contribution in [3.05, 3.63) is 130 Å². The van der Waals surface area contributed by atoms with Crippen molar-refractivity contribution in [2.45, 2.75) is 168 Å². The van der Waals surface area contributed by atoms with Crippen LogP contribution >= 0.6 is 0 Å². The molecule has 2 atom stereocenters. The van der Waals surface area contributed by atoms with Gasteiger partial charge in [0.25, 0.3) is 0 Å². The number of esters is 4. The van der Waals surface area contributed by atoms with E-state index in [2.05, 4.69) is 13.8 Å². The summed E-state index contributed by atoms with van der Waals surface area (Å²) in [6, 6.07) is 28.6. The van der Waals surface area contributed by atoms with Crippen LogP contribution in [0.2, 0.25) is 0 Å². The third kappa shape index (κ3) is 20.2. The second-order valence-electron chi connectivity index (χ2n) is 17.1. The number of unbranched alkanes of at least 4 members (excludes halogenated alkanes) is 18. The van der Waals surface area contributed by atoms with E-state index in [-0.39, 0.29) is 11.9 Å². The second-order valence-corrected chi connectivity index (χ2v) is 17.1. The Morgan fingerprint density at radius 2 is 0.631 bits per heavy atom. The van der Waals surface area contributed by atoms with Gasteiger partial charge in [-0.3, -0.25) is 9.59 Å². The van der Waals surface area contributed by atoms with Crippen molar-refractivity contribution < 1.29 is 42.9 Å². The third-order valence-electron chi connectivity index (χ3n) is 11.5. The molecule has 0 N–H and O–H groups in total. The average molecular weight is 891 g/mol. The number of hydrogen-bond acceptors (Lipinski definition) is 9. The monoisotopic (exact) mass is 891 g/mol. The van der Waals surface area contributed by atoms with Crippen LogP contribution in [0.3, 0.4) is 0 Å². The van der Waals surface area contributed by atoms with Gasteiger partial charge in [-0.1, -0.05) is 178 Å². The van der Waals surface area contributed by atoms with Gasteiger partial charge < -0.3 is 23.7 Å². The van der Waals surface area contributed by atoms with Crippen LogP contribution in [-0.4, -0.2) is 37.1 Å². The second kappa shape index (κ2) is 30.8. The number of carbonyl (C=O) groups excluding carboxylic acids is 4. The number of rotatable bonds is 32. The quantitative estimate of drug-likeness (QED) is 0.0268. The molecule has 0 spiro atoms. The molecule has 9 heteroatoms. The van der Waals surface area contributed by atoms with Gasteiger partial charge in [-0.05, 0) is 83.6 Å². The molecule has 0 radical (unpaired) electrons. The predicted octanol–water partition coefficient (Wildman–Crippen LogP) is 14.6. The molecular weight excluding hydrogens is 817 g/mol. The Morgan fingerprint density at radius 3 is 0.908 bits per heavy atom. The Labute approximate surface area is 388 Å². The largest absolute Gasteiger partial charge is 0.462 e. The molecule has 0 saturated heterocycles. The van der Waals surface area contributed by atoms with Crippen molar-refractivity contribution in [2.24, 2.45) is 0 Å². The summed E-state index contributed by atoms with van der Waals surface area (Å²) in [5, 5.41) is 0. The number of ether oxygens (including phenoxy) is 5. The van der Waals surface area contributed by atoms with Crippen LogP contribution in [0.25, 0.3) is 0 Å². The van der Waals surface area contributed by atoms with E-state index in [0.717, 1.165) is 60.8 Å². The molecule has 0 aliphatic heterocycles. The summed E-state index contributed by atoms with van der Waals surface area (Å²) in [5.74, 6) is -0.802. The summed E-state index contributed by atoms with van der Waals surface area (Å²) in [6.07, 6.45) is 22.8. The predicted molar refractivity (Wildman–Crippen MR) is 257 cm³/mol. The van der Waals surface area contributed by atoms with Gasteiger partial charge in [0.15, 0.2) is 0 Å². The third-order valence-corrected chi connectivity index (χ3v) is 11.5. The topological polar surface area (TPSA) is 114 Å². The fraction of sp³-hybridized carbons (Fsp3) is 0.500. The van der Waals surface area contributed by atoms with Crippen LogP contribution in [0.15, 0.2) is 97.1 Å². The van der Waals surface area contributed by atoms with E-state index in [1.54, 1.807) is 48.5 Å². The maximum absolute atomic E-state index is 13.1. The summed E-state index contributed by atoms with van der Waals surface area (Å²) < 4.78 is 29.0. The van der Waals surface area contributed by atoms with E-state index in [0.29, 0.717) is 35.8 Å². The van der Waals surface area contributed by atoms with Gasteiger partial charge in [0.05, 0.1) is 24.3 Å². The summed E-state index contributed by atoms with van der Waals surface area (Å²) in [4.78, 5) is 49.6. The van der Waals surface area contributed by atoms with Gasteiger partial charge >= 0.3 is 23.9 Å². The molecule has 0 bridgehead atoms. The first-order chi connectivity index (χ1) is 31.7. The van der Waals surface area contributed by atoms with Gasteiger partial charge in [0, 0.05) is 13.8 Å². The normalized spacial score (nSPS) is 12.0. The minimum atomic E-state index is -0.665. The van der Waals surface area contributed by atoms with Gasteiger partial charge in [-0.25, -0.2) is 9.59 Å². The van der Waals surface area contributed by atoms with Crippen molar-refractivity contribution in [2.75, 3.05) is 13.2 Å². The van der Waals surface area contributed by atoms with Crippen LogP contribution in [0, 0.1) is 0 Å². The zero-order valence-electron chi connectivity index (χ0n) is 39.6.